The van der Waals surface area contributed by atoms with Crippen LogP contribution in [0.15, 0.2) is 51.4 Å². The van der Waals surface area contributed by atoms with E-state index in [4.69, 9.17) is 0 Å². The fourth-order valence-electron chi connectivity index (χ4n) is 1.80. The highest BCUT2D eigenvalue weighted by atomic mass is 79.9. The number of hydrogen-bond donors (Lipinski definition) is 1. The van der Waals surface area contributed by atoms with E-state index >= 15 is 0 Å². The normalized spacial score (nSPS) is 10.6. The molecule has 0 fully saturated rings. The largest absolute Gasteiger partial charge is 0.309 e. The number of hydrogen-bond acceptors (Lipinski definition) is 1. The third-order valence-corrected chi connectivity index (χ3v) is 4.49. The van der Waals surface area contributed by atoms with Gasteiger partial charge in [0.05, 0.1) is 0 Å². The lowest BCUT2D eigenvalue weighted by Crippen LogP contribution is -2.13. The summed E-state index contributed by atoms with van der Waals surface area (Å²) in [7, 11) is 0. The molecule has 0 saturated heterocycles. The van der Waals surface area contributed by atoms with Crippen LogP contribution in [0.3, 0.4) is 0 Å². The van der Waals surface area contributed by atoms with Crippen molar-refractivity contribution in [1.82, 2.24) is 5.32 Å². The molecule has 0 aliphatic rings. The summed E-state index contributed by atoms with van der Waals surface area (Å²) in [5.41, 5.74) is 3.87. The Bertz CT molecular complexity index is 538. The molecule has 0 saturated carbocycles. The van der Waals surface area contributed by atoms with E-state index in [9.17, 15) is 0 Å². The smallest absolute Gasteiger partial charge is 0.0220 e. The molecule has 1 nitrogen and oxygen atoms in total. The minimum Gasteiger partial charge on any atom is -0.309 e. The SMILES string of the molecule is Cc1cc(CNCc2ccccc2Br)ccc1Br. The molecule has 18 heavy (non-hydrogen) atoms. The van der Waals surface area contributed by atoms with Crippen molar-refractivity contribution in [3.05, 3.63) is 68.1 Å². The van der Waals surface area contributed by atoms with Crippen LogP contribution in [0.4, 0.5) is 0 Å². The van der Waals surface area contributed by atoms with E-state index in [1.807, 2.05) is 6.07 Å². The van der Waals surface area contributed by atoms with E-state index in [-0.39, 0.29) is 0 Å². The maximum Gasteiger partial charge on any atom is 0.0220 e. The molecule has 3 heteroatoms. The van der Waals surface area contributed by atoms with Gasteiger partial charge in [-0.1, -0.05) is 62.2 Å². The molecule has 94 valence electrons. The van der Waals surface area contributed by atoms with E-state index in [0.29, 0.717) is 0 Å². The average molecular weight is 369 g/mol. The second kappa shape index (κ2) is 6.50. The minimum atomic E-state index is 0.872. The van der Waals surface area contributed by atoms with E-state index in [1.165, 1.54) is 16.7 Å². The summed E-state index contributed by atoms with van der Waals surface area (Å²) >= 11 is 7.07. The molecule has 0 atom stereocenters. The molecular formula is C15H15Br2N. The quantitative estimate of drug-likeness (QED) is 0.816. The number of rotatable bonds is 4. The van der Waals surface area contributed by atoms with Gasteiger partial charge in [-0.2, -0.15) is 0 Å². The van der Waals surface area contributed by atoms with Gasteiger partial charge in [0.2, 0.25) is 0 Å². The molecule has 0 aliphatic carbocycles. The monoisotopic (exact) mass is 367 g/mol. The Morgan fingerprint density at radius 1 is 0.944 bits per heavy atom. The lowest BCUT2D eigenvalue weighted by Gasteiger charge is -2.08. The Hall–Kier alpha value is -0.640. The zero-order valence-electron chi connectivity index (χ0n) is 10.2. The van der Waals surface area contributed by atoms with E-state index < -0.39 is 0 Å². The summed E-state index contributed by atoms with van der Waals surface area (Å²) in [5, 5.41) is 3.46. The summed E-state index contributed by atoms with van der Waals surface area (Å²) in [6, 6.07) is 14.7. The van der Waals surface area contributed by atoms with Crippen molar-refractivity contribution >= 4 is 31.9 Å². The highest BCUT2D eigenvalue weighted by molar-refractivity contribution is 9.10. The molecule has 2 aromatic rings. The summed E-state index contributed by atoms with van der Waals surface area (Å²) in [6.45, 7) is 3.87. The Labute approximate surface area is 125 Å². The lowest BCUT2D eigenvalue weighted by molar-refractivity contribution is 0.691. The summed E-state index contributed by atoms with van der Waals surface area (Å²) in [6.07, 6.45) is 0. The number of aryl methyl sites for hydroxylation is 1. The van der Waals surface area contributed by atoms with Crippen molar-refractivity contribution in [2.24, 2.45) is 0 Å². The van der Waals surface area contributed by atoms with Crippen molar-refractivity contribution in [3.63, 3.8) is 0 Å². The van der Waals surface area contributed by atoms with Crippen molar-refractivity contribution in [3.8, 4) is 0 Å². The molecule has 0 amide bonds. The van der Waals surface area contributed by atoms with Crippen LogP contribution in [0, 0.1) is 6.92 Å². The van der Waals surface area contributed by atoms with Gasteiger partial charge in [0.15, 0.2) is 0 Å². The zero-order valence-corrected chi connectivity index (χ0v) is 13.4. The zero-order chi connectivity index (χ0) is 13.0. The van der Waals surface area contributed by atoms with E-state index in [0.717, 1.165) is 22.0 Å². The van der Waals surface area contributed by atoms with Crippen LogP contribution < -0.4 is 5.32 Å². The highest BCUT2D eigenvalue weighted by Gasteiger charge is 2.00. The Morgan fingerprint density at radius 3 is 2.44 bits per heavy atom. The van der Waals surface area contributed by atoms with Crippen molar-refractivity contribution in [2.45, 2.75) is 20.0 Å². The standard InChI is InChI=1S/C15H15Br2N/c1-11-8-12(6-7-14(11)16)9-18-10-13-4-2-3-5-15(13)17/h2-8,18H,9-10H2,1H3. The van der Waals surface area contributed by atoms with Crippen LogP contribution in [0.25, 0.3) is 0 Å². The predicted molar refractivity (Wildman–Crippen MR) is 83.6 cm³/mol. The fourth-order valence-corrected chi connectivity index (χ4v) is 2.47. The van der Waals surface area contributed by atoms with Crippen LogP contribution >= 0.6 is 31.9 Å². The third kappa shape index (κ3) is 3.67. The van der Waals surface area contributed by atoms with Gasteiger partial charge >= 0.3 is 0 Å². The molecule has 0 heterocycles. The molecular weight excluding hydrogens is 354 g/mol. The fraction of sp³-hybridized carbons (Fsp3) is 0.200. The van der Waals surface area contributed by atoms with Crippen molar-refractivity contribution in [1.29, 1.82) is 0 Å². The first-order valence-corrected chi connectivity index (χ1v) is 7.44. The lowest BCUT2D eigenvalue weighted by atomic mass is 10.1. The van der Waals surface area contributed by atoms with Gasteiger partial charge < -0.3 is 5.32 Å². The third-order valence-electron chi connectivity index (χ3n) is 2.82. The molecule has 0 aromatic heterocycles. The van der Waals surface area contributed by atoms with Gasteiger partial charge in [0, 0.05) is 22.0 Å². The molecule has 2 rings (SSSR count). The van der Waals surface area contributed by atoms with Gasteiger partial charge in [-0.05, 0) is 35.7 Å². The molecule has 0 unspecified atom stereocenters. The summed E-state index contributed by atoms with van der Waals surface area (Å²) < 4.78 is 2.32. The molecule has 0 spiro atoms. The number of nitrogens with one attached hydrogen (secondary N) is 1. The van der Waals surface area contributed by atoms with Crippen LogP contribution in [-0.2, 0) is 13.1 Å². The second-order valence-electron chi connectivity index (χ2n) is 4.28. The minimum absolute atomic E-state index is 0.872. The van der Waals surface area contributed by atoms with Gasteiger partial charge in [-0.25, -0.2) is 0 Å². The molecule has 0 radical (unpaired) electrons. The Morgan fingerprint density at radius 2 is 1.72 bits per heavy atom. The maximum atomic E-state index is 3.56. The van der Waals surface area contributed by atoms with Crippen LogP contribution in [0.2, 0.25) is 0 Å². The van der Waals surface area contributed by atoms with Crippen molar-refractivity contribution in [2.75, 3.05) is 0 Å². The van der Waals surface area contributed by atoms with Crippen LogP contribution in [-0.4, -0.2) is 0 Å². The topological polar surface area (TPSA) is 12.0 Å². The molecule has 0 bridgehead atoms. The number of benzene rings is 2. The van der Waals surface area contributed by atoms with E-state index in [2.05, 4.69) is 80.5 Å². The molecule has 1 N–H and O–H groups in total. The number of halogens is 2. The predicted octanol–water partition coefficient (Wildman–Crippen LogP) is 4.81. The first-order chi connectivity index (χ1) is 8.66. The first-order valence-electron chi connectivity index (χ1n) is 5.86. The van der Waals surface area contributed by atoms with Gasteiger partial charge in [0.25, 0.3) is 0 Å². The first kappa shape index (κ1) is 13.8. The maximum absolute atomic E-state index is 3.56. The molecule has 2 aromatic carbocycles. The van der Waals surface area contributed by atoms with Gasteiger partial charge in [-0.3, -0.25) is 0 Å². The highest BCUT2D eigenvalue weighted by Crippen LogP contribution is 2.18. The van der Waals surface area contributed by atoms with Crippen LogP contribution in [0.1, 0.15) is 16.7 Å². The second-order valence-corrected chi connectivity index (χ2v) is 5.99. The van der Waals surface area contributed by atoms with Gasteiger partial charge in [-0.15, -0.1) is 0 Å². The van der Waals surface area contributed by atoms with Gasteiger partial charge in [0.1, 0.15) is 0 Å². The van der Waals surface area contributed by atoms with E-state index in [1.54, 1.807) is 0 Å². The Kier molecular flexibility index (Phi) is 4.98. The molecule has 0 aliphatic heterocycles. The summed E-state index contributed by atoms with van der Waals surface area (Å²) in [5.74, 6) is 0. The average Bonchev–Trinajstić information content (AvgIpc) is 2.36. The Balaban J connectivity index is 1.92. The van der Waals surface area contributed by atoms with Crippen molar-refractivity contribution < 1.29 is 0 Å². The summed E-state index contributed by atoms with van der Waals surface area (Å²) in [4.78, 5) is 0. The van der Waals surface area contributed by atoms with Crippen LogP contribution in [0.5, 0.6) is 0 Å².